The molecule has 0 bridgehead atoms. The van der Waals surface area contributed by atoms with Gasteiger partial charge >= 0.3 is 0 Å². The van der Waals surface area contributed by atoms with Crippen LogP contribution in [0.1, 0.15) is 18.1 Å². The van der Waals surface area contributed by atoms with Crippen LogP contribution in [0.5, 0.6) is 5.75 Å². The lowest BCUT2D eigenvalue weighted by atomic mass is 10.2. The fourth-order valence-corrected chi connectivity index (χ4v) is 2.07. The van der Waals surface area contributed by atoms with Gasteiger partial charge in [-0.05, 0) is 43.2 Å². The fourth-order valence-electron chi connectivity index (χ4n) is 1.86. The van der Waals surface area contributed by atoms with Crippen LogP contribution in [0.25, 0.3) is 0 Å². The second kappa shape index (κ2) is 7.24. The molecule has 0 spiro atoms. The van der Waals surface area contributed by atoms with Gasteiger partial charge in [0.15, 0.2) is 6.10 Å². The van der Waals surface area contributed by atoms with Gasteiger partial charge in [0.2, 0.25) is 0 Å². The summed E-state index contributed by atoms with van der Waals surface area (Å²) in [6, 6.07) is 8.64. The number of hydrogen-bond acceptors (Lipinski definition) is 4. The molecule has 1 amide bonds. The Bertz CT molecular complexity index is 676. The lowest BCUT2D eigenvalue weighted by molar-refractivity contribution is -0.122. The van der Waals surface area contributed by atoms with Crippen LogP contribution in [0.3, 0.4) is 0 Å². The van der Waals surface area contributed by atoms with E-state index in [1.165, 1.54) is 6.20 Å². The van der Waals surface area contributed by atoms with Gasteiger partial charge in [0.05, 0.1) is 18.5 Å². The molecular weight excluding hydrogens is 304 g/mol. The molecule has 2 rings (SSSR count). The van der Waals surface area contributed by atoms with Crippen molar-refractivity contribution < 1.29 is 14.6 Å². The monoisotopic (exact) mass is 320 g/mol. The maximum absolute atomic E-state index is 12.2. The largest absolute Gasteiger partial charge is 0.481 e. The highest BCUT2D eigenvalue weighted by molar-refractivity contribution is 6.29. The summed E-state index contributed by atoms with van der Waals surface area (Å²) in [7, 11) is 0. The normalized spacial score (nSPS) is 11.8. The Kier molecular flexibility index (Phi) is 5.35. The Hall–Kier alpha value is -2.11. The Labute approximate surface area is 133 Å². The van der Waals surface area contributed by atoms with Crippen LogP contribution in [0.15, 0.2) is 36.5 Å². The topological polar surface area (TPSA) is 71.5 Å². The molecule has 1 aromatic carbocycles. The zero-order valence-electron chi connectivity index (χ0n) is 12.3. The molecule has 22 heavy (non-hydrogen) atoms. The smallest absolute Gasteiger partial charge is 0.265 e. The standard InChI is InChI=1S/C16H17ClN2O3/c1-10-6-15(17)18-8-14(10)19-16(21)11(2)22-13-5-3-4-12(7-13)9-20/h3-8,11,20H,9H2,1-2H3,(H,19,21). The number of pyridine rings is 1. The van der Waals surface area contributed by atoms with Crippen molar-refractivity contribution in [3.05, 3.63) is 52.8 Å². The Balaban J connectivity index is 2.02. The molecule has 0 saturated carbocycles. The molecule has 0 radical (unpaired) electrons. The first-order valence-corrected chi connectivity index (χ1v) is 7.17. The van der Waals surface area contributed by atoms with Crippen molar-refractivity contribution in [2.75, 3.05) is 5.32 Å². The Morgan fingerprint density at radius 3 is 2.91 bits per heavy atom. The second-order valence-electron chi connectivity index (χ2n) is 4.88. The van der Waals surface area contributed by atoms with Gasteiger partial charge in [0.25, 0.3) is 5.91 Å². The highest BCUT2D eigenvalue weighted by atomic mass is 35.5. The molecule has 6 heteroatoms. The van der Waals surface area contributed by atoms with Crippen LogP contribution in [0.4, 0.5) is 5.69 Å². The number of carbonyl (C=O) groups is 1. The minimum absolute atomic E-state index is 0.0760. The molecule has 0 aliphatic carbocycles. The average molecular weight is 321 g/mol. The number of aromatic nitrogens is 1. The third-order valence-corrected chi connectivity index (χ3v) is 3.31. The first-order valence-electron chi connectivity index (χ1n) is 6.79. The summed E-state index contributed by atoms with van der Waals surface area (Å²) < 4.78 is 5.58. The molecule has 2 aromatic rings. The molecule has 0 fully saturated rings. The molecule has 2 N–H and O–H groups in total. The van der Waals surface area contributed by atoms with E-state index in [1.54, 1.807) is 37.3 Å². The van der Waals surface area contributed by atoms with Crippen molar-refractivity contribution in [1.29, 1.82) is 0 Å². The minimum Gasteiger partial charge on any atom is -0.481 e. The van der Waals surface area contributed by atoms with Gasteiger partial charge in [-0.3, -0.25) is 4.79 Å². The van der Waals surface area contributed by atoms with Crippen LogP contribution in [-0.2, 0) is 11.4 Å². The molecule has 5 nitrogen and oxygen atoms in total. The Morgan fingerprint density at radius 1 is 1.45 bits per heavy atom. The number of anilines is 1. The van der Waals surface area contributed by atoms with Gasteiger partial charge < -0.3 is 15.2 Å². The summed E-state index contributed by atoms with van der Waals surface area (Å²) in [5.74, 6) is 0.238. The number of aryl methyl sites for hydroxylation is 1. The van der Waals surface area contributed by atoms with Crippen molar-refractivity contribution in [2.45, 2.75) is 26.6 Å². The molecule has 1 heterocycles. The number of rotatable bonds is 5. The zero-order chi connectivity index (χ0) is 16.1. The number of nitrogens with one attached hydrogen (secondary N) is 1. The summed E-state index contributed by atoms with van der Waals surface area (Å²) in [5.41, 5.74) is 2.14. The van der Waals surface area contributed by atoms with Crippen LogP contribution in [0, 0.1) is 6.92 Å². The van der Waals surface area contributed by atoms with Crippen LogP contribution in [0.2, 0.25) is 5.15 Å². The molecule has 0 saturated heterocycles. The van der Waals surface area contributed by atoms with Crippen molar-refractivity contribution in [1.82, 2.24) is 4.98 Å². The van der Waals surface area contributed by atoms with E-state index in [1.807, 2.05) is 6.92 Å². The molecule has 1 atom stereocenters. The number of carbonyl (C=O) groups excluding carboxylic acids is 1. The maximum Gasteiger partial charge on any atom is 0.265 e. The summed E-state index contributed by atoms with van der Waals surface area (Å²) in [6.07, 6.45) is 0.818. The fraction of sp³-hybridized carbons (Fsp3) is 0.250. The van der Waals surface area contributed by atoms with E-state index in [4.69, 9.17) is 21.4 Å². The maximum atomic E-state index is 12.2. The third kappa shape index (κ3) is 4.19. The van der Waals surface area contributed by atoms with Crippen molar-refractivity contribution in [3.63, 3.8) is 0 Å². The number of amides is 1. The van der Waals surface area contributed by atoms with Gasteiger partial charge in [0, 0.05) is 0 Å². The van der Waals surface area contributed by atoms with E-state index < -0.39 is 6.10 Å². The van der Waals surface area contributed by atoms with E-state index in [9.17, 15) is 4.79 Å². The van der Waals surface area contributed by atoms with Crippen molar-refractivity contribution >= 4 is 23.2 Å². The van der Waals surface area contributed by atoms with E-state index in [2.05, 4.69) is 10.3 Å². The number of nitrogens with zero attached hydrogens (tertiary/aromatic N) is 1. The van der Waals surface area contributed by atoms with Crippen LogP contribution < -0.4 is 10.1 Å². The number of ether oxygens (including phenoxy) is 1. The van der Waals surface area contributed by atoms with Gasteiger partial charge in [0.1, 0.15) is 10.9 Å². The van der Waals surface area contributed by atoms with Crippen LogP contribution in [-0.4, -0.2) is 22.1 Å². The van der Waals surface area contributed by atoms with Gasteiger partial charge in [-0.2, -0.15) is 0 Å². The zero-order valence-corrected chi connectivity index (χ0v) is 13.1. The second-order valence-corrected chi connectivity index (χ2v) is 5.26. The first kappa shape index (κ1) is 16.3. The lowest BCUT2D eigenvalue weighted by Crippen LogP contribution is -2.30. The van der Waals surface area contributed by atoms with E-state index in [-0.39, 0.29) is 12.5 Å². The molecule has 116 valence electrons. The van der Waals surface area contributed by atoms with Gasteiger partial charge in [-0.1, -0.05) is 23.7 Å². The number of benzene rings is 1. The molecule has 1 unspecified atom stereocenters. The summed E-state index contributed by atoms with van der Waals surface area (Å²) in [6.45, 7) is 3.41. The number of hydrogen-bond donors (Lipinski definition) is 2. The Morgan fingerprint density at radius 2 is 2.23 bits per heavy atom. The van der Waals surface area contributed by atoms with Crippen molar-refractivity contribution in [3.8, 4) is 5.75 Å². The van der Waals surface area contributed by atoms with Gasteiger partial charge in [-0.15, -0.1) is 0 Å². The SMILES string of the molecule is Cc1cc(Cl)ncc1NC(=O)C(C)Oc1cccc(CO)c1. The average Bonchev–Trinajstić information content (AvgIpc) is 2.50. The highest BCUT2D eigenvalue weighted by Gasteiger charge is 2.16. The van der Waals surface area contributed by atoms with Crippen molar-refractivity contribution in [2.24, 2.45) is 0 Å². The number of aliphatic hydroxyl groups excluding tert-OH is 1. The van der Waals surface area contributed by atoms with E-state index in [0.29, 0.717) is 16.6 Å². The predicted molar refractivity (Wildman–Crippen MR) is 85.1 cm³/mol. The van der Waals surface area contributed by atoms with E-state index >= 15 is 0 Å². The minimum atomic E-state index is -0.691. The van der Waals surface area contributed by atoms with E-state index in [0.717, 1.165) is 11.1 Å². The number of aliphatic hydroxyl groups is 1. The molecule has 1 aromatic heterocycles. The third-order valence-electron chi connectivity index (χ3n) is 3.10. The quantitative estimate of drug-likeness (QED) is 0.831. The molecular formula is C16H17ClN2O3. The van der Waals surface area contributed by atoms with Gasteiger partial charge in [-0.25, -0.2) is 4.98 Å². The summed E-state index contributed by atoms with van der Waals surface area (Å²) in [4.78, 5) is 16.1. The number of halogens is 1. The summed E-state index contributed by atoms with van der Waals surface area (Å²) >= 11 is 5.78. The molecule has 0 aliphatic rings. The molecule has 0 aliphatic heterocycles. The predicted octanol–water partition coefficient (Wildman–Crippen LogP) is 2.94. The first-order chi connectivity index (χ1) is 10.5. The van der Waals surface area contributed by atoms with Crippen LogP contribution >= 0.6 is 11.6 Å². The summed E-state index contributed by atoms with van der Waals surface area (Å²) in [5, 5.41) is 12.2. The lowest BCUT2D eigenvalue weighted by Gasteiger charge is -2.16. The highest BCUT2D eigenvalue weighted by Crippen LogP contribution is 2.18.